The maximum Gasteiger partial charge on any atom is 0.0685 e. The van der Waals surface area contributed by atoms with Gasteiger partial charge in [0.05, 0.1) is 5.60 Å². The van der Waals surface area contributed by atoms with E-state index in [0.717, 1.165) is 32.4 Å². The zero-order valence-corrected chi connectivity index (χ0v) is 11.2. The van der Waals surface area contributed by atoms with Crippen molar-refractivity contribution in [1.29, 1.82) is 0 Å². The summed E-state index contributed by atoms with van der Waals surface area (Å²) >= 11 is 0. The van der Waals surface area contributed by atoms with Crippen LogP contribution in [0.3, 0.4) is 0 Å². The third kappa shape index (κ3) is 1.83. The normalized spacial score (nSPS) is 52.1. The molecule has 0 aliphatic heterocycles. The molecular weight excluding hydrogens is 212 g/mol. The molecule has 4 saturated carbocycles. The molecule has 2 unspecified atom stereocenters. The fourth-order valence-corrected chi connectivity index (χ4v) is 5.53. The van der Waals surface area contributed by atoms with Gasteiger partial charge >= 0.3 is 0 Å². The minimum atomic E-state index is -0.399. The summed E-state index contributed by atoms with van der Waals surface area (Å²) < 4.78 is 0. The molecule has 4 fully saturated rings. The van der Waals surface area contributed by atoms with Crippen molar-refractivity contribution >= 4 is 0 Å². The Morgan fingerprint density at radius 3 is 1.88 bits per heavy atom. The molecule has 0 aromatic rings. The Labute approximate surface area is 104 Å². The number of rotatable bonds is 4. The van der Waals surface area contributed by atoms with Crippen LogP contribution in [0.1, 0.15) is 52.4 Å². The Bertz CT molecular complexity index is 295. The first kappa shape index (κ1) is 11.9. The largest absolute Gasteiger partial charge is 0.390 e. The maximum absolute atomic E-state index is 10.8. The SMILES string of the molecule is CCNC12CC3CC(O)(C1)CC(NCC)(C3)C2. The fraction of sp³-hybridized carbons (Fsp3) is 1.00. The van der Waals surface area contributed by atoms with E-state index in [2.05, 4.69) is 24.5 Å². The highest BCUT2D eigenvalue weighted by Crippen LogP contribution is 2.59. The van der Waals surface area contributed by atoms with Gasteiger partial charge in [0.2, 0.25) is 0 Å². The molecule has 3 N–H and O–H groups in total. The van der Waals surface area contributed by atoms with Gasteiger partial charge in [-0.2, -0.15) is 0 Å². The van der Waals surface area contributed by atoms with E-state index in [1.54, 1.807) is 0 Å². The minimum Gasteiger partial charge on any atom is -0.390 e. The highest BCUT2D eigenvalue weighted by molar-refractivity contribution is 5.20. The van der Waals surface area contributed by atoms with Crippen LogP contribution in [0, 0.1) is 5.92 Å². The van der Waals surface area contributed by atoms with E-state index < -0.39 is 5.60 Å². The first-order valence-corrected chi connectivity index (χ1v) is 7.25. The molecule has 4 bridgehead atoms. The van der Waals surface area contributed by atoms with Crippen molar-refractivity contribution in [3.05, 3.63) is 0 Å². The molecule has 0 radical (unpaired) electrons. The summed E-state index contributed by atoms with van der Waals surface area (Å²) in [5.41, 5.74) is 0.0277. The number of aliphatic hydroxyl groups is 1. The van der Waals surface area contributed by atoms with Crippen LogP contribution < -0.4 is 10.6 Å². The van der Waals surface area contributed by atoms with E-state index in [1.165, 1.54) is 19.3 Å². The zero-order valence-electron chi connectivity index (χ0n) is 11.2. The first-order valence-electron chi connectivity index (χ1n) is 7.25. The van der Waals surface area contributed by atoms with Crippen molar-refractivity contribution in [1.82, 2.24) is 10.6 Å². The van der Waals surface area contributed by atoms with Crippen LogP contribution in [0.2, 0.25) is 0 Å². The van der Waals surface area contributed by atoms with Gasteiger partial charge in [0.1, 0.15) is 0 Å². The lowest BCUT2D eigenvalue weighted by Crippen LogP contribution is -2.73. The summed E-state index contributed by atoms with van der Waals surface area (Å²) in [5, 5.41) is 18.2. The molecule has 0 aromatic carbocycles. The average Bonchev–Trinajstić information content (AvgIpc) is 2.12. The molecule has 0 heterocycles. The lowest BCUT2D eigenvalue weighted by molar-refractivity contribution is -0.158. The Kier molecular flexibility index (Phi) is 2.59. The molecule has 0 aromatic heterocycles. The second-order valence-electron chi connectivity index (χ2n) is 6.85. The zero-order chi connectivity index (χ0) is 12.1. The van der Waals surface area contributed by atoms with Crippen molar-refractivity contribution in [2.24, 2.45) is 5.92 Å². The standard InChI is InChI=1S/C14H26N2O/c1-3-15-12-5-11-6-13(8-12,16-4-2)10-14(17,7-11)9-12/h11,15-17H,3-10H2,1-2H3. The van der Waals surface area contributed by atoms with Crippen LogP contribution in [0.25, 0.3) is 0 Å². The van der Waals surface area contributed by atoms with Crippen molar-refractivity contribution in [3.63, 3.8) is 0 Å². The lowest BCUT2D eigenvalue weighted by Gasteiger charge is -2.65. The quantitative estimate of drug-likeness (QED) is 0.694. The Morgan fingerprint density at radius 1 is 0.941 bits per heavy atom. The maximum atomic E-state index is 10.8. The highest BCUT2D eigenvalue weighted by atomic mass is 16.3. The first-order chi connectivity index (χ1) is 8.03. The van der Waals surface area contributed by atoms with E-state index in [4.69, 9.17) is 0 Å². The van der Waals surface area contributed by atoms with Crippen LogP contribution in [-0.2, 0) is 0 Å². The molecule has 0 saturated heterocycles. The molecule has 0 amide bonds. The topological polar surface area (TPSA) is 44.3 Å². The summed E-state index contributed by atoms with van der Waals surface area (Å²) in [6.07, 6.45) is 6.73. The lowest BCUT2D eigenvalue weighted by atomic mass is 9.48. The second-order valence-corrected chi connectivity index (χ2v) is 6.85. The third-order valence-corrected chi connectivity index (χ3v) is 5.14. The molecule has 2 atom stereocenters. The Balaban J connectivity index is 1.91. The van der Waals surface area contributed by atoms with Gasteiger partial charge in [0.15, 0.2) is 0 Å². The summed E-state index contributed by atoms with van der Waals surface area (Å²) in [5.74, 6) is 0.717. The summed E-state index contributed by atoms with van der Waals surface area (Å²) in [6.45, 7) is 6.40. The van der Waals surface area contributed by atoms with Crippen LogP contribution >= 0.6 is 0 Å². The summed E-state index contributed by atoms with van der Waals surface area (Å²) in [4.78, 5) is 0. The molecule has 3 nitrogen and oxygen atoms in total. The van der Waals surface area contributed by atoms with Gasteiger partial charge in [-0.1, -0.05) is 13.8 Å². The van der Waals surface area contributed by atoms with Gasteiger partial charge in [-0.15, -0.1) is 0 Å². The van der Waals surface area contributed by atoms with Gasteiger partial charge in [-0.05, 0) is 57.5 Å². The van der Waals surface area contributed by atoms with Crippen molar-refractivity contribution < 1.29 is 5.11 Å². The molecule has 17 heavy (non-hydrogen) atoms. The van der Waals surface area contributed by atoms with E-state index in [1.807, 2.05) is 0 Å². The van der Waals surface area contributed by atoms with E-state index in [-0.39, 0.29) is 11.1 Å². The highest BCUT2D eigenvalue weighted by Gasteiger charge is 2.62. The van der Waals surface area contributed by atoms with E-state index in [9.17, 15) is 5.11 Å². The van der Waals surface area contributed by atoms with Crippen LogP contribution in [0.15, 0.2) is 0 Å². The van der Waals surface area contributed by atoms with Crippen molar-refractivity contribution in [2.45, 2.75) is 69.1 Å². The third-order valence-electron chi connectivity index (χ3n) is 5.14. The molecule has 0 spiro atoms. The number of nitrogens with one attached hydrogen (secondary N) is 2. The predicted octanol–water partition coefficient (Wildman–Crippen LogP) is 1.41. The minimum absolute atomic E-state index is 0.213. The van der Waals surface area contributed by atoms with Gasteiger partial charge in [0.25, 0.3) is 0 Å². The van der Waals surface area contributed by atoms with Gasteiger partial charge in [-0.3, -0.25) is 0 Å². The molecule has 3 heteroatoms. The van der Waals surface area contributed by atoms with Crippen molar-refractivity contribution in [2.75, 3.05) is 13.1 Å². The summed E-state index contributed by atoms with van der Waals surface area (Å²) in [7, 11) is 0. The number of hydrogen-bond donors (Lipinski definition) is 3. The Hall–Kier alpha value is -0.120. The number of hydrogen-bond acceptors (Lipinski definition) is 3. The van der Waals surface area contributed by atoms with Crippen LogP contribution in [0.5, 0.6) is 0 Å². The second kappa shape index (κ2) is 3.69. The molecule has 4 rings (SSSR count). The van der Waals surface area contributed by atoms with E-state index in [0.29, 0.717) is 5.92 Å². The average molecular weight is 238 g/mol. The predicted molar refractivity (Wildman–Crippen MR) is 69.0 cm³/mol. The molecule has 4 aliphatic rings. The summed E-state index contributed by atoms with van der Waals surface area (Å²) in [6, 6.07) is 0. The monoisotopic (exact) mass is 238 g/mol. The Morgan fingerprint density at radius 2 is 1.47 bits per heavy atom. The van der Waals surface area contributed by atoms with Gasteiger partial charge < -0.3 is 15.7 Å². The molecule has 98 valence electrons. The van der Waals surface area contributed by atoms with Crippen LogP contribution in [-0.4, -0.2) is 34.9 Å². The molecule has 4 aliphatic carbocycles. The van der Waals surface area contributed by atoms with Gasteiger partial charge in [-0.25, -0.2) is 0 Å². The van der Waals surface area contributed by atoms with Crippen LogP contribution in [0.4, 0.5) is 0 Å². The van der Waals surface area contributed by atoms with Crippen molar-refractivity contribution in [3.8, 4) is 0 Å². The molecular formula is C14H26N2O. The van der Waals surface area contributed by atoms with E-state index >= 15 is 0 Å². The fourth-order valence-electron chi connectivity index (χ4n) is 5.53. The van der Waals surface area contributed by atoms with Gasteiger partial charge in [0, 0.05) is 11.1 Å². The smallest absolute Gasteiger partial charge is 0.0685 e.